The molecule has 0 fully saturated rings. The number of rotatable bonds is 9. The number of carbonyl (C=O) groups excluding carboxylic acids is 2. The van der Waals surface area contributed by atoms with Crippen molar-refractivity contribution in [3.05, 3.63) is 66.1 Å². The SMILES string of the molecule is COC(=O)c1c(NC(C)=O)c2cc(NC/C=C/C(C)C)cnc2n1CCc1c[nH]c2ccccc12. The summed E-state index contributed by atoms with van der Waals surface area (Å²) in [5.74, 6) is -0.332. The van der Waals surface area contributed by atoms with Gasteiger partial charge in [-0.05, 0) is 30.0 Å². The fourth-order valence-corrected chi connectivity index (χ4v) is 4.24. The molecule has 0 unspecified atom stereocenters. The van der Waals surface area contributed by atoms with Gasteiger partial charge in [-0.15, -0.1) is 0 Å². The lowest BCUT2D eigenvalue weighted by Crippen LogP contribution is -2.16. The van der Waals surface area contributed by atoms with E-state index in [1.54, 1.807) is 6.20 Å². The average molecular weight is 474 g/mol. The highest BCUT2D eigenvalue weighted by Crippen LogP contribution is 2.33. The van der Waals surface area contributed by atoms with Crippen LogP contribution in [0, 0.1) is 5.92 Å². The molecule has 0 saturated carbocycles. The number of nitrogens with zero attached hydrogens (tertiary/aromatic N) is 2. The second-order valence-corrected chi connectivity index (χ2v) is 8.81. The number of aryl methyl sites for hydroxylation is 2. The lowest BCUT2D eigenvalue weighted by Gasteiger charge is -2.10. The molecule has 3 heterocycles. The van der Waals surface area contributed by atoms with Gasteiger partial charge < -0.3 is 24.9 Å². The summed E-state index contributed by atoms with van der Waals surface area (Å²) < 4.78 is 6.93. The van der Waals surface area contributed by atoms with Gasteiger partial charge in [-0.2, -0.15) is 0 Å². The minimum absolute atomic E-state index is 0.274. The van der Waals surface area contributed by atoms with Crippen LogP contribution >= 0.6 is 0 Å². The summed E-state index contributed by atoms with van der Waals surface area (Å²) in [6.45, 7) is 6.79. The van der Waals surface area contributed by atoms with Gasteiger partial charge in [0.1, 0.15) is 5.65 Å². The number of amides is 1. The van der Waals surface area contributed by atoms with Crippen molar-refractivity contribution in [2.45, 2.75) is 33.7 Å². The van der Waals surface area contributed by atoms with Crippen LogP contribution in [0.1, 0.15) is 36.8 Å². The number of ether oxygens (including phenoxy) is 1. The van der Waals surface area contributed by atoms with Crippen LogP contribution in [0.5, 0.6) is 0 Å². The summed E-state index contributed by atoms with van der Waals surface area (Å²) >= 11 is 0. The molecule has 3 N–H and O–H groups in total. The molecular formula is C27H31N5O3. The van der Waals surface area contributed by atoms with E-state index in [1.165, 1.54) is 14.0 Å². The molecule has 0 aliphatic heterocycles. The number of pyridine rings is 1. The summed E-state index contributed by atoms with van der Waals surface area (Å²) in [5.41, 5.74) is 4.29. The number of aromatic nitrogens is 3. The molecule has 4 rings (SSSR count). The van der Waals surface area contributed by atoms with Crippen molar-refractivity contribution in [2.24, 2.45) is 5.92 Å². The predicted molar refractivity (Wildman–Crippen MR) is 140 cm³/mol. The third kappa shape index (κ3) is 5.21. The van der Waals surface area contributed by atoms with Crippen molar-refractivity contribution in [1.82, 2.24) is 14.5 Å². The van der Waals surface area contributed by atoms with Crippen LogP contribution in [0.2, 0.25) is 0 Å². The van der Waals surface area contributed by atoms with Crippen LogP contribution in [-0.2, 0) is 22.5 Å². The van der Waals surface area contributed by atoms with Gasteiger partial charge in [0.25, 0.3) is 0 Å². The number of benzene rings is 1. The Labute approximate surface area is 204 Å². The molecule has 0 bridgehead atoms. The number of aromatic amines is 1. The first-order chi connectivity index (χ1) is 16.9. The molecule has 0 radical (unpaired) electrons. The molecule has 8 nitrogen and oxygen atoms in total. The maximum Gasteiger partial charge on any atom is 0.356 e. The molecule has 0 aliphatic carbocycles. The third-order valence-electron chi connectivity index (χ3n) is 5.80. The Balaban J connectivity index is 1.75. The first kappa shape index (κ1) is 24.1. The number of hydrogen-bond donors (Lipinski definition) is 3. The molecule has 1 aromatic carbocycles. The van der Waals surface area contributed by atoms with Crippen LogP contribution in [0.15, 0.2) is 54.9 Å². The van der Waals surface area contributed by atoms with Gasteiger partial charge in [0.05, 0.1) is 24.7 Å². The second kappa shape index (κ2) is 10.5. The standard InChI is InChI=1S/C27H31N5O3/c1-17(2)8-7-12-28-20-14-22-24(31-18(3)33)25(27(34)35-4)32(26(22)30-16-20)13-11-19-15-29-23-10-6-5-9-21(19)23/h5-10,14-17,28-29H,11-13H2,1-4H3,(H,31,33)/b8-7+. The smallest absolute Gasteiger partial charge is 0.356 e. The van der Waals surface area contributed by atoms with Crippen molar-refractivity contribution < 1.29 is 14.3 Å². The van der Waals surface area contributed by atoms with Crippen molar-refractivity contribution >= 4 is 45.2 Å². The fourth-order valence-electron chi connectivity index (χ4n) is 4.24. The van der Waals surface area contributed by atoms with Crippen molar-refractivity contribution in [1.29, 1.82) is 0 Å². The van der Waals surface area contributed by atoms with E-state index in [0.717, 1.165) is 22.2 Å². The lowest BCUT2D eigenvalue weighted by atomic mass is 10.1. The summed E-state index contributed by atoms with van der Waals surface area (Å²) in [6, 6.07) is 10.0. The largest absolute Gasteiger partial charge is 0.464 e. The molecule has 182 valence electrons. The van der Waals surface area contributed by atoms with E-state index in [1.807, 2.05) is 35.0 Å². The Morgan fingerprint density at radius 3 is 2.77 bits per heavy atom. The van der Waals surface area contributed by atoms with Gasteiger partial charge in [-0.3, -0.25) is 4.79 Å². The molecule has 0 atom stereocenters. The predicted octanol–water partition coefficient (Wildman–Crippen LogP) is 5.13. The zero-order valence-electron chi connectivity index (χ0n) is 20.5. The first-order valence-electron chi connectivity index (χ1n) is 11.7. The van der Waals surface area contributed by atoms with Gasteiger partial charge in [0.2, 0.25) is 5.91 Å². The van der Waals surface area contributed by atoms with Gasteiger partial charge in [-0.25, -0.2) is 9.78 Å². The molecule has 0 saturated heterocycles. The number of H-pyrrole nitrogens is 1. The minimum atomic E-state index is -0.528. The molecule has 35 heavy (non-hydrogen) atoms. The Hall–Kier alpha value is -4.07. The number of esters is 1. The van der Waals surface area contributed by atoms with Gasteiger partial charge >= 0.3 is 5.97 Å². The van der Waals surface area contributed by atoms with Crippen molar-refractivity contribution in [3.63, 3.8) is 0 Å². The average Bonchev–Trinajstić information content (AvgIpc) is 3.38. The molecular weight excluding hydrogens is 442 g/mol. The Kier molecular flexibility index (Phi) is 7.19. The number of hydrogen-bond acceptors (Lipinski definition) is 5. The normalized spacial score (nSPS) is 11.6. The fraction of sp³-hybridized carbons (Fsp3) is 0.296. The molecule has 1 amide bonds. The van der Waals surface area contributed by atoms with E-state index in [9.17, 15) is 9.59 Å². The number of methoxy groups -OCH3 is 1. The van der Waals surface area contributed by atoms with Crippen LogP contribution < -0.4 is 10.6 Å². The maximum atomic E-state index is 12.9. The van der Waals surface area contributed by atoms with Crippen molar-refractivity contribution in [3.8, 4) is 0 Å². The number of allylic oxidation sites excluding steroid dienone is 1. The third-order valence-corrected chi connectivity index (χ3v) is 5.80. The quantitative estimate of drug-likeness (QED) is 0.231. The molecule has 4 aromatic rings. The number of anilines is 2. The van der Waals surface area contributed by atoms with Crippen LogP contribution in [0.25, 0.3) is 21.9 Å². The van der Waals surface area contributed by atoms with Gasteiger partial charge in [0, 0.05) is 42.5 Å². The van der Waals surface area contributed by atoms with E-state index in [4.69, 9.17) is 4.74 Å². The zero-order chi connectivity index (χ0) is 24.9. The Morgan fingerprint density at radius 1 is 1.23 bits per heavy atom. The molecule has 0 aliphatic rings. The summed E-state index contributed by atoms with van der Waals surface area (Å²) in [4.78, 5) is 32.9. The summed E-state index contributed by atoms with van der Waals surface area (Å²) in [7, 11) is 1.34. The minimum Gasteiger partial charge on any atom is -0.464 e. The second-order valence-electron chi connectivity index (χ2n) is 8.81. The van der Waals surface area contributed by atoms with E-state index >= 15 is 0 Å². The lowest BCUT2D eigenvalue weighted by molar-refractivity contribution is -0.114. The Morgan fingerprint density at radius 2 is 2.03 bits per heavy atom. The van der Waals surface area contributed by atoms with Crippen LogP contribution in [0.4, 0.5) is 11.4 Å². The summed E-state index contributed by atoms with van der Waals surface area (Å²) in [6.07, 6.45) is 8.59. The van der Waals surface area contributed by atoms with E-state index < -0.39 is 5.97 Å². The van der Waals surface area contributed by atoms with E-state index in [2.05, 4.69) is 52.7 Å². The summed E-state index contributed by atoms with van der Waals surface area (Å²) in [5, 5.41) is 7.98. The molecule has 8 heteroatoms. The first-order valence-corrected chi connectivity index (χ1v) is 11.7. The number of carbonyl (C=O) groups is 2. The molecule has 3 aromatic heterocycles. The number of para-hydroxylation sites is 1. The van der Waals surface area contributed by atoms with Crippen molar-refractivity contribution in [2.75, 3.05) is 24.3 Å². The maximum absolute atomic E-state index is 12.9. The zero-order valence-corrected chi connectivity index (χ0v) is 20.5. The number of nitrogens with one attached hydrogen (secondary N) is 3. The van der Waals surface area contributed by atoms with Crippen LogP contribution in [0.3, 0.4) is 0 Å². The topological polar surface area (TPSA) is 101 Å². The highest BCUT2D eigenvalue weighted by atomic mass is 16.5. The van der Waals surface area contributed by atoms with Gasteiger partial charge in [0.15, 0.2) is 5.69 Å². The monoisotopic (exact) mass is 473 g/mol. The molecule has 0 spiro atoms. The highest BCUT2D eigenvalue weighted by Gasteiger charge is 2.25. The van der Waals surface area contributed by atoms with Gasteiger partial charge in [-0.1, -0.05) is 44.2 Å². The van der Waals surface area contributed by atoms with Crippen LogP contribution in [-0.4, -0.2) is 40.1 Å². The number of fused-ring (bicyclic) bond motifs is 2. The van der Waals surface area contributed by atoms with E-state index in [0.29, 0.717) is 42.1 Å². The highest BCUT2D eigenvalue weighted by molar-refractivity contribution is 6.11. The van der Waals surface area contributed by atoms with E-state index in [-0.39, 0.29) is 11.6 Å². The Bertz CT molecular complexity index is 1400.